The van der Waals surface area contributed by atoms with Crippen LogP contribution in [0.3, 0.4) is 0 Å². The molecule has 0 saturated carbocycles. The van der Waals surface area contributed by atoms with Gasteiger partial charge in [0.1, 0.15) is 5.69 Å². The molecular weight excluding hydrogens is 295 g/mol. The minimum absolute atomic E-state index is 0.161. The summed E-state index contributed by atoms with van der Waals surface area (Å²) in [5.41, 5.74) is 1.82. The van der Waals surface area contributed by atoms with Gasteiger partial charge in [0.05, 0.1) is 5.69 Å². The van der Waals surface area contributed by atoms with Gasteiger partial charge in [0.2, 0.25) is 0 Å². The molecule has 0 saturated heterocycles. The molecule has 102 valence electrons. The Balaban J connectivity index is 2.49. The fourth-order valence-electron chi connectivity index (χ4n) is 1.98. The van der Waals surface area contributed by atoms with Gasteiger partial charge in [0.15, 0.2) is 6.10 Å². The average Bonchev–Trinajstić information content (AvgIpc) is 2.46. The Morgan fingerprint density at radius 2 is 1.85 bits per heavy atom. The van der Waals surface area contributed by atoms with Gasteiger partial charge in [-0.2, -0.15) is 0 Å². The van der Waals surface area contributed by atoms with Crippen molar-refractivity contribution in [2.24, 2.45) is 0 Å². The number of nitrogens with zero attached hydrogens (tertiary/aromatic N) is 2. The van der Waals surface area contributed by atoms with E-state index < -0.39 is 6.10 Å². The molecule has 1 heterocycles. The predicted molar refractivity (Wildman–Crippen MR) is 79.8 cm³/mol. The van der Waals surface area contributed by atoms with Crippen LogP contribution in [0.1, 0.15) is 35.9 Å². The lowest BCUT2D eigenvalue weighted by molar-refractivity contribution is 0.231. The molecule has 0 amide bonds. The average molecular weight is 307 g/mol. The van der Waals surface area contributed by atoms with Crippen LogP contribution in [0.2, 0.25) is 10.0 Å². The second-order valence-corrected chi connectivity index (χ2v) is 5.13. The third kappa shape index (κ3) is 2.94. The number of hydrogen-bond donors (Lipinski definition) is 1. The molecule has 5 heteroatoms. The minimum atomic E-state index is -1.09. The summed E-state index contributed by atoms with van der Waals surface area (Å²) >= 11 is 12.1. The Bertz CT molecular complexity index is 667. The quantitative estimate of drug-likeness (QED) is 0.881. The molecule has 0 bridgehead atoms. The van der Waals surface area contributed by atoms with E-state index in [-0.39, 0.29) is 5.92 Å². The van der Waals surface area contributed by atoms with Crippen LogP contribution < -0.4 is 0 Å². The van der Waals surface area contributed by atoms with Crippen LogP contribution in [0.15, 0.2) is 30.6 Å². The summed E-state index contributed by atoms with van der Waals surface area (Å²) in [6.07, 6.45) is 7.21. The number of terminal acetylenes is 1. The first-order chi connectivity index (χ1) is 9.54. The molecule has 0 aliphatic carbocycles. The molecule has 2 aromatic rings. The number of halogens is 2. The molecule has 2 rings (SSSR count). The summed E-state index contributed by atoms with van der Waals surface area (Å²) in [5, 5.41) is 10.9. The Hall–Kier alpha value is -1.60. The Morgan fingerprint density at radius 1 is 1.20 bits per heavy atom. The second-order valence-electron chi connectivity index (χ2n) is 4.28. The van der Waals surface area contributed by atoms with Crippen LogP contribution in [0.4, 0.5) is 0 Å². The molecule has 0 spiro atoms. The Labute approximate surface area is 127 Å². The highest BCUT2D eigenvalue weighted by molar-refractivity contribution is 6.35. The van der Waals surface area contributed by atoms with E-state index in [0.29, 0.717) is 21.4 Å². The zero-order valence-corrected chi connectivity index (χ0v) is 12.2. The fourth-order valence-corrected chi connectivity index (χ4v) is 2.55. The van der Waals surface area contributed by atoms with E-state index in [9.17, 15) is 5.11 Å². The zero-order valence-electron chi connectivity index (χ0n) is 10.7. The predicted octanol–water partition coefficient (Wildman–Crippen LogP) is 3.60. The van der Waals surface area contributed by atoms with E-state index in [1.807, 2.05) is 13.0 Å². The molecule has 0 aliphatic heterocycles. The molecule has 1 aromatic carbocycles. The van der Waals surface area contributed by atoms with Crippen molar-refractivity contribution in [1.29, 1.82) is 0 Å². The number of aliphatic hydroxyl groups excluding tert-OH is 1. The van der Waals surface area contributed by atoms with Gasteiger partial charge in [-0.05, 0) is 17.7 Å². The molecule has 0 fully saturated rings. The number of rotatable bonds is 3. The van der Waals surface area contributed by atoms with Crippen molar-refractivity contribution < 1.29 is 5.11 Å². The highest BCUT2D eigenvalue weighted by Crippen LogP contribution is 2.33. The Morgan fingerprint density at radius 3 is 2.45 bits per heavy atom. The maximum absolute atomic E-state index is 9.83. The molecule has 1 aromatic heterocycles. The number of aliphatic hydroxyl groups is 1. The van der Waals surface area contributed by atoms with Gasteiger partial charge in [-0.1, -0.05) is 42.1 Å². The van der Waals surface area contributed by atoms with Gasteiger partial charge in [-0.15, -0.1) is 6.42 Å². The first-order valence-corrected chi connectivity index (χ1v) is 6.70. The van der Waals surface area contributed by atoms with Crippen LogP contribution in [-0.2, 0) is 0 Å². The van der Waals surface area contributed by atoms with E-state index in [1.165, 1.54) is 6.20 Å². The van der Waals surface area contributed by atoms with Gasteiger partial charge in [-0.3, -0.25) is 9.97 Å². The van der Waals surface area contributed by atoms with E-state index in [2.05, 4.69) is 15.9 Å². The summed E-state index contributed by atoms with van der Waals surface area (Å²) < 4.78 is 0. The summed E-state index contributed by atoms with van der Waals surface area (Å²) in [5.74, 6) is 2.09. The van der Waals surface area contributed by atoms with Crippen molar-refractivity contribution in [2.75, 3.05) is 0 Å². The second kappa shape index (κ2) is 6.23. The van der Waals surface area contributed by atoms with Crippen LogP contribution >= 0.6 is 23.2 Å². The maximum Gasteiger partial charge on any atom is 0.158 e. The van der Waals surface area contributed by atoms with Gasteiger partial charge >= 0.3 is 0 Å². The van der Waals surface area contributed by atoms with Crippen LogP contribution in [-0.4, -0.2) is 15.1 Å². The zero-order chi connectivity index (χ0) is 14.7. The standard InChI is InChI=1S/C15H12Cl2N2O/c1-3-13(20)15-14(18-6-7-19-15)9(2)11-5-4-10(16)8-12(11)17/h1,4-9,13,20H,2H3. The molecule has 2 atom stereocenters. The molecular formula is C15H12Cl2N2O. The van der Waals surface area contributed by atoms with Crippen molar-refractivity contribution in [1.82, 2.24) is 9.97 Å². The van der Waals surface area contributed by atoms with Gasteiger partial charge in [-0.25, -0.2) is 0 Å². The monoisotopic (exact) mass is 306 g/mol. The van der Waals surface area contributed by atoms with Crippen molar-refractivity contribution in [2.45, 2.75) is 18.9 Å². The fraction of sp³-hybridized carbons (Fsp3) is 0.200. The number of benzene rings is 1. The first-order valence-electron chi connectivity index (χ1n) is 5.94. The van der Waals surface area contributed by atoms with E-state index in [0.717, 1.165) is 5.56 Å². The van der Waals surface area contributed by atoms with Crippen molar-refractivity contribution in [3.63, 3.8) is 0 Å². The third-order valence-corrected chi connectivity index (χ3v) is 3.57. The lowest BCUT2D eigenvalue weighted by Crippen LogP contribution is -2.09. The summed E-state index contributed by atoms with van der Waals surface area (Å²) in [6.45, 7) is 1.92. The highest BCUT2D eigenvalue weighted by atomic mass is 35.5. The summed E-state index contributed by atoms with van der Waals surface area (Å²) in [7, 11) is 0. The van der Waals surface area contributed by atoms with Gasteiger partial charge in [0.25, 0.3) is 0 Å². The number of hydrogen-bond acceptors (Lipinski definition) is 3. The molecule has 0 aliphatic rings. The Kier molecular flexibility index (Phi) is 4.61. The third-order valence-electron chi connectivity index (χ3n) is 3.01. The van der Waals surface area contributed by atoms with E-state index in [4.69, 9.17) is 29.6 Å². The van der Waals surface area contributed by atoms with Crippen LogP contribution in [0, 0.1) is 12.3 Å². The lowest BCUT2D eigenvalue weighted by Gasteiger charge is -2.17. The van der Waals surface area contributed by atoms with Gasteiger partial charge < -0.3 is 5.11 Å². The first kappa shape index (κ1) is 14.8. The molecule has 1 N–H and O–H groups in total. The van der Waals surface area contributed by atoms with Crippen LogP contribution in [0.5, 0.6) is 0 Å². The topological polar surface area (TPSA) is 46.0 Å². The molecule has 3 nitrogen and oxygen atoms in total. The van der Waals surface area contributed by atoms with Crippen molar-refractivity contribution in [3.05, 3.63) is 57.6 Å². The molecule has 2 unspecified atom stereocenters. The van der Waals surface area contributed by atoms with Crippen LogP contribution in [0.25, 0.3) is 0 Å². The molecule has 0 radical (unpaired) electrons. The SMILES string of the molecule is C#CC(O)c1nccnc1C(C)c1ccc(Cl)cc1Cl. The number of aromatic nitrogens is 2. The summed E-state index contributed by atoms with van der Waals surface area (Å²) in [4.78, 5) is 8.40. The molecule has 20 heavy (non-hydrogen) atoms. The van der Waals surface area contributed by atoms with E-state index >= 15 is 0 Å². The highest BCUT2D eigenvalue weighted by Gasteiger charge is 2.21. The summed E-state index contributed by atoms with van der Waals surface area (Å²) in [6, 6.07) is 5.26. The lowest BCUT2D eigenvalue weighted by atomic mass is 9.94. The normalized spacial score (nSPS) is 13.6. The smallest absolute Gasteiger partial charge is 0.158 e. The largest absolute Gasteiger partial charge is 0.374 e. The van der Waals surface area contributed by atoms with Crippen molar-refractivity contribution >= 4 is 23.2 Å². The van der Waals surface area contributed by atoms with E-state index in [1.54, 1.807) is 18.3 Å². The minimum Gasteiger partial charge on any atom is -0.374 e. The maximum atomic E-state index is 9.83. The van der Waals surface area contributed by atoms with Gasteiger partial charge in [0, 0.05) is 28.4 Å². The van der Waals surface area contributed by atoms with Crippen molar-refractivity contribution in [3.8, 4) is 12.3 Å².